The molecular weight excluding hydrogens is 372 g/mol. The van der Waals surface area contributed by atoms with E-state index in [0.29, 0.717) is 33.9 Å². The Morgan fingerprint density at radius 3 is 2.83 bits per heavy atom. The van der Waals surface area contributed by atoms with Gasteiger partial charge in [-0.25, -0.2) is 9.64 Å². The normalized spacial score (nSPS) is 24.2. The molecule has 1 aliphatic carbocycles. The highest BCUT2D eigenvalue weighted by Crippen LogP contribution is 2.50. The maximum absolute atomic E-state index is 12.9. The van der Waals surface area contributed by atoms with Crippen LogP contribution in [-0.4, -0.2) is 40.9 Å². The van der Waals surface area contributed by atoms with E-state index >= 15 is 0 Å². The van der Waals surface area contributed by atoms with Crippen molar-refractivity contribution in [1.82, 2.24) is 4.57 Å². The summed E-state index contributed by atoms with van der Waals surface area (Å²) >= 11 is 0. The molecule has 150 valence electrons. The van der Waals surface area contributed by atoms with Crippen LogP contribution in [0.4, 0.5) is 11.4 Å². The van der Waals surface area contributed by atoms with Crippen LogP contribution in [-0.2, 0) is 0 Å². The Labute approximate surface area is 167 Å². The molecule has 2 atom stereocenters. The molecule has 0 bridgehead atoms. The van der Waals surface area contributed by atoms with Crippen molar-refractivity contribution in [3.05, 3.63) is 39.5 Å². The molecule has 2 aromatic rings. The highest BCUT2D eigenvalue weighted by Gasteiger charge is 2.48. The third-order valence-corrected chi connectivity index (χ3v) is 6.63. The zero-order valence-corrected chi connectivity index (χ0v) is 16.1. The molecule has 29 heavy (non-hydrogen) atoms. The van der Waals surface area contributed by atoms with Gasteiger partial charge in [0, 0.05) is 18.6 Å². The quantitative estimate of drug-likeness (QED) is 0.776. The maximum Gasteiger partial charge on any atom is 0.341 e. The second-order valence-electron chi connectivity index (χ2n) is 8.49. The molecule has 3 N–H and O–H groups in total. The molecule has 3 aliphatic rings. The molecule has 2 aliphatic heterocycles. The predicted octanol–water partition coefficient (Wildman–Crippen LogP) is 2.52. The SMILES string of the molecule is [C-]#[N+]c1cc2cc(C(=O)O)c(=O)n3c2c(c1N1CC[C@@H](C2(N)CC2)C1)OC[C@@H]3C. The summed E-state index contributed by atoms with van der Waals surface area (Å²) in [6.45, 7) is 11.3. The van der Waals surface area contributed by atoms with E-state index in [4.69, 9.17) is 17.0 Å². The van der Waals surface area contributed by atoms with Crippen LogP contribution < -0.4 is 20.9 Å². The van der Waals surface area contributed by atoms with Crippen molar-refractivity contribution in [3.63, 3.8) is 0 Å². The van der Waals surface area contributed by atoms with Gasteiger partial charge in [0.05, 0.1) is 23.8 Å². The maximum atomic E-state index is 12.9. The lowest BCUT2D eigenvalue weighted by Crippen LogP contribution is -2.36. The topological polar surface area (TPSA) is 102 Å². The average Bonchev–Trinajstić information content (AvgIpc) is 3.25. The molecule has 1 saturated carbocycles. The Balaban J connectivity index is 1.74. The second-order valence-corrected chi connectivity index (χ2v) is 8.49. The highest BCUT2D eigenvalue weighted by atomic mass is 16.5. The first kappa shape index (κ1) is 18.0. The molecule has 5 rings (SSSR count). The number of pyridine rings is 1. The van der Waals surface area contributed by atoms with Crippen molar-refractivity contribution >= 4 is 28.2 Å². The van der Waals surface area contributed by atoms with E-state index in [2.05, 4.69) is 9.74 Å². The van der Waals surface area contributed by atoms with Gasteiger partial charge in [-0.2, -0.15) is 0 Å². The van der Waals surface area contributed by atoms with Crippen LogP contribution in [0.3, 0.4) is 0 Å². The number of aromatic nitrogens is 1. The van der Waals surface area contributed by atoms with Gasteiger partial charge in [-0.15, -0.1) is 0 Å². The molecular formula is C21H22N4O4. The first-order valence-corrected chi connectivity index (χ1v) is 9.87. The Bertz CT molecular complexity index is 1160. The fraction of sp³-hybridized carbons (Fsp3) is 0.476. The molecule has 0 unspecified atom stereocenters. The summed E-state index contributed by atoms with van der Waals surface area (Å²) in [5, 5.41) is 9.99. The Kier molecular flexibility index (Phi) is 3.71. The van der Waals surface area contributed by atoms with Gasteiger partial charge < -0.3 is 20.5 Å². The molecule has 0 amide bonds. The van der Waals surface area contributed by atoms with Crippen LogP contribution in [0.1, 0.15) is 42.6 Å². The summed E-state index contributed by atoms with van der Waals surface area (Å²) in [5.74, 6) is -0.388. The number of hydrogen-bond donors (Lipinski definition) is 2. The molecule has 3 heterocycles. The highest BCUT2D eigenvalue weighted by molar-refractivity contribution is 6.01. The summed E-state index contributed by atoms with van der Waals surface area (Å²) in [7, 11) is 0. The van der Waals surface area contributed by atoms with E-state index in [1.165, 1.54) is 10.6 Å². The first-order chi connectivity index (χ1) is 13.8. The number of rotatable bonds is 3. The van der Waals surface area contributed by atoms with Gasteiger partial charge in [0.1, 0.15) is 12.2 Å². The number of nitrogens with zero attached hydrogens (tertiary/aromatic N) is 3. The number of aromatic carboxylic acids is 1. The van der Waals surface area contributed by atoms with E-state index in [1.54, 1.807) is 6.07 Å². The average molecular weight is 394 g/mol. The minimum Gasteiger partial charge on any atom is -0.488 e. The lowest BCUT2D eigenvalue weighted by atomic mass is 9.97. The van der Waals surface area contributed by atoms with Crippen molar-refractivity contribution in [2.75, 3.05) is 24.6 Å². The van der Waals surface area contributed by atoms with Gasteiger partial charge in [-0.05, 0) is 49.6 Å². The van der Waals surface area contributed by atoms with E-state index in [0.717, 1.165) is 32.4 Å². The summed E-state index contributed by atoms with van der Waals surface area (Å²) in [5.41, 5.74) is 7.18. The van der Waals surface area contributed by atoms with Crippen LogP contribution in [0, 0.1) is 12.5 Å². The lowest BCUT2D eigenvalue weighted by molar-refractivity contribution is 0.0694. The van der Waals surface area contributed by atoms with Gasteiger partial charge in [0.25, 0.3) is 5.56 Å². The predicted molar refractivity (Wildman–Crippen MR) is 108 cm³/mol. The largest absolute Gasteiger partial charge is 0.488 e. The number of hydrogen-bond acceptors (Lipinski definition) is 5. The van der Waals surface area contributed by atoms with Crippen molar-refractivity contribution in [1.29, 1.82) is 0 Å². The number of ether oxygens (including phenoxy) is 1. The molecule has 1 aromatic heterocycles. The fourth-order valence-corrected chi connectivity index (χ4v) is 4.82. The zero-order valence-electron chi connectivity index (χ0n) is 16.1. The van der Waals surface area contributed by atoms with Gasteiger partial charge in [0.15, 0.2) is 5.75 Å². The number of carbonyl (C=O) groups is 1. The summed E-state index contributed by atoms with van der Waals surface area (Å²) in [4.78, 5) is 30.3. The Hall–Kier alpha value is -3.05. The number of carboxylic acid groups (broad SMARTS) is 1. The van der Waals surface area contributed by atoms with Crippen molar-refractivity contribution in [3.8, 4) is 5.75 Å². The summed E-state index contributed by atoms with van der Waals surface area (Å²) < 4.78 is 7.57. The fourth-order valence-electron chi connectivity index (χ4n) is 4.82. The van der Waals surface area contributed by atoms with Crippen molar-refractivity contribution in [2.45, 2.75) is 37.8 Å². The van der Waals surface area contributed by atoms with Crippen LogP contribution in [0.25, 0.3) is 15.7 Å². The van der Waals surface area contributed by atoms with Crippen molar-refractivity contribution in [2.24, 2.45) is 11.7 Å². The Morgan fingerprint density at radius 1 is 1.41 bits per heavy atom. The first-order valence-electron chi connectivity index (χ1n) is 9.87. The van der Waals surface area contributed by atoms with Crippen LogP contribution in [0.15, 0.2) is 16.9 Å². The van der Waals surface area contributed by atoms with Crippen LogP contribution in [0.2, 0.25) is 0 Å². The zero-order chi connectivity index (χ0) is 20.5. The summed E-state index contributed by atoms with van der Waals surface area (Å²) in [6, 6.07) is 2.73. The van der Waals surface area contributed by atoms with Gasteiger partial charge in [-0.1, -0.05) is 0 Å². The van der Waals surface area contributed by atoms with E-state index < -0.39 is 11.5 Å². The molecule has 2 fully saturated rings. The third kappa shape index (κ3) is 2.54. The number of benzene rings is 1. The van der Waals surface area contributed by atoms with E-state index in [-0.39, 0.29) is 23.8 Å². The molecule has 0 spiro atoms. The Morgan fingerprint density at radius 2 is 2.17 bits per heavy atom. The van der Waals surface area contributed by atoms with Gasteiger partial charge in [-0.3, -0.25) is 9.36 Å². The number of carboxylic acids is 1. The minimum atomic E-state index is -1.27. The van der Waals surface area contributed by atoms with E-state index in [9.17, 15) is 14.7 Å². The molecule has 8 nitrogen and oxygen atoms in total. The molecule has 8 heteroatoms. The summed E-state index contributed by atoms with van der Waals surface area (Å²) in [6.07, 6.45) is 3.04. The molecule has 1 saturated heterocycles. The molecule has 1 aromatic carbocycles. The number of nitrogens with two attached hydrogens (primary N) is 1. The lowest BCUT2D eigenvalue weighted by Gasteiger charge is -2.31. The monoisotopic (exact) mass is 394 g/mol. The van der Waals surface area contributed by atoms with E-state index in [1.807, 2.05) is 6.92 Å². The second kappa shape index (κ2) is 5.97. The minimum absolute atomic E-state index is 0.0883. The van der Waals surface area contributed by atoms with Gasteiger partial charge >= 0.3 is 5.97 Å². The van der Waals surface area contributed by atoms with Crippen molar-refractivity contribution < 1.29 is 14.6 Å². The standard InChI is InChI=1S/C21H22N4O4/c1-11-10-29-18-16-12(7-14(20(27)28)19(26)25(11)16)8-15(23-2)17(18)24-6-3-13(9-24)21(22)4-5-21/h7-8,11,13H,3-6,9-10,22H2,1H3,(H,27,28)/t11-,13+/m0/s1. The van der Waals surface area contributed by atoms with Crippen LogP contribution in [0.5, 0.6) is 5.75 Å². The smallest absolute Gasteiger partial charge is 0.341 e. The van der Waals surface area contributed by atoms with Gasteiger partial charge in [0.2, 0.25) is 5.69 Å². The van der Waals surface area contributed by atoms with Crippen LogP contribution >= 0.6 is 0 Å². The third-order valence-electron chi connectivity index (χ3n) is 6.63. The molecule has 0 radical (unpaired) electrons. The number of anilines is 1.